The summed E-state index contributed by atoms with van der Waals surface area (Å²) in [7, 11) is 0. The summed E-state index contributed by atoms with van der Waals surface area (Å²) in [4.78, 5) is 2.17. The highest BCUT2D eigenvalue weighted by molar-refractivity contribution is 9.08. The minimum absolute atomic E-state index is 0.102. The van der Waals surface area contributed by atoms with E-state index >= 15 is 0 Å². The van der Waals surface area contributed by atoms with Gasteiger partial charge in [0.2, 0.25) is 0 Å². The van der Waals surface area contributed by atoms with Crippen LogP contribution in [0, 0.1) is 11.2 Å². The van der Waals surface area contributed by atoms with Crippen LogP contribution in [-0.4, -0.2) is 13.1 Å². The van der Waals surface area contributed by atoms with E-state index in [0.717, 1.165) is 30.8 Å². The molecule has 1 heterocycles. The van der Waals surface area contributed by atoms with Crippen LogP contribution in [0.25, 0.3) is 0 Å². The molecule has 1 aliphatic heterocycles. The number of alkyl halides is 1. The van der Waals surface area contributed by atoms with Crippen LogP contribution in [0.2, 0.25) is 0 Å². The summed E-state index contributed by atoms with van der Waals surface area (Å²) in [5, 5.41) is 0.705. The quantitative estimate of drug-likeness (QED) is 0.744. The van der Waals surface area contributed by atoms with Crippen LogP contribution >= 0.6 is 15.9 Å². The van der Waals surface area contributed by atoms with E-state index in [1.54, 1.807) is 12.1 Å². The van der Waals surface area contributed by atoms with Gasteiger partial charge >= 0.3 is 0 Å². The van der Waals surface area contributed by atoms with Gasteiger partial charge in [0.25, 0.3) is 0 Å². The van der Waals surface area contributed by atoms with E-state index in [0.29, 0.717) is 10.7 Å². The molecule has 1 aromatic rings. The van der Waals surface area contributed by atoms with E-state index in [4.69, 9.17) is 0 Å². The molecule has 0 spiro atoms. The number of rotatable bonds is 2. The number of hydrogen-bond donors (Lipinski definition) is 0. The molecule has 0 aliphatic carbocycles. The van der Waals surface area contributed by atoms with Gasteiger partial charge in [0.1, 0.15) is 5.82 Å². The smallest absolute Gasteiger partial charge is 0.146 e. The lowest BCUT2D eigenvalue weighted by atomic mass is 9.93. The van der Waals surface area contributed by atoms with Crippen molar-refractivity contribution in [1.82, 2.24) is 0 Å². The second-order valence-corrected chi connectivity index (χ2v) is 5.78. The molecule has 3 heteroatoms. The van der Waals surface area contributed by atoms with Gasteiger partial charge in [0.15, 0.2) is 0 Å². The zero-order valence-electron chi connectivity index (χ0n) is 9.76. The van der Waals surface area contributed by atoms with Crippen LogP contribution in [0.3, 0.4) is 0 Å². The van der Waals surface area contributed by atoms with Gasteiger partial charge in [-0.05, 0) is 23.5 Å². The van der Waals surface area contributed by atoms with E-state index in [2.05, 4.69) is 34.7 Å². The summed E-state index contributed by atoms with van der Waals surface area (Å²) >= 11 is 3.42. The lowest BCUT2D eigenvalue weighted by Gasteiger charge is -2.24. The summed E-state index contributed by atoms with van der Waals surface area (Å²) < 4.78 is 13.9. The number of benzene rings is 1. The second kappa shape index (κ2) is 4.36. The Labute approximate surface area is 105 Å². The lowest BCUT2D eigenvalue weighted by molar-refractivity contribution is 0.418. The van der Waals surface area contributed by atoms with E-state index < -0.39 is 0 Å². The van der Waals surface area contributed by atoms with Crippen LogP contribution in [0.5, 0.6) is 0 Å². The standard InChI is InChI=1S/C13H17BrFN/c1-13(2)6-7-16(9-13)12-10(8-14)4-3-5-11(12)15/h3-5H,6-9H2,1-2H3. The third-order valence-electron chi connectivity index (χ3n) is 3.21. The first-order chi connectivity index (χ1) is 7.53. The molecule has 1 nitrogen and oxygen atoms in total. The number of nitrogens with zero attached hydrogens (tertiary/aromatic N) is 1. The summed E-state index contributed by atoms with van der Waals surface area (Å²) in [5.41, 5.74) is 2.12. The second-order valence-electron chi connectivity index (χ2n) is 5.22. The predicted molar refractivity (Wildman–Crippen MR) is 69.6 cm³/mol. The first-order valence-corrected chi connectivity index (χ1v) is 6.74. The van der Waals surface area contributed by atoms with Gasteiger partial charge in [-0.1, -0.05) is 41.9 Å². The average molecular weight is 286 g/mol. The Hall–Kier alpha value is -0.570. The van der Waals surface area contributed by atoms with Crippen LogP contribution < -0.4 is 4.90 Å². The van der Waals surface area contributed by atoms with Crippen molar-refractivity contribution in [3.05, 3.63) is 29.6 Å². The van der Waals surface area contributed by atoms with Crippen molar-refractivity contribution in [1.29, 1.82) is 0 Å². The Morgan fingerprint density at radius 1 is 1.44 bits per heavy atom. The molecule has 0 atom stereocenters. The van der Waals surface area contributed by atoms with Crippen LogP contribution in [0.4, 0.5) is 10.1 Å². The molecule has 0 radical (unpaired) electrons. The Bertz CT molecular complexity index is 390. The van der Waals surface area contributed by atoms with Crippen molar-refractivity contribution in [3.8, 4) is 0 Å². The zero-order valence-corrected chi connectivity index (χ0v) is 11.3. The predicted octanol–water partition coefficient (Wildman–Crippen LogP) is 3.96. The fourth-order valence-electron chi connectivity index (χ4n) is 2.33. The number of para-hydroxylation sites is 1. The first-order valence-electron chi connectivity index (χ1n) is 5.62. The van der Waals surface area contributed by atoms with Gasteiger partial charge < -0.3 is 4.90 Å². The van der Waals surface area contributed by atoms with Gasteiger partial charge in [-0.3, -0.25) is 0 Å². The fourth-order valence-corrected chi connectivity index (χ4v) is 2.78. The molecule has 88 valence electrons. The molecule has 0 N–H and O–H groups in total. The van der Waals surface area contributed by atoms with E-state index in [-0.39, 0.29) is 5.82 Å². The Kier molecular flexibility index (Phi) is 3.24. The SMILES string of the molecule is CC1(C)CCN(c2c(F)cccc2CBr)C1. The van der Waals surface area contributed by atoms with Gasteiger partial charge in [-0.15, -0.1) is 0 Å². The molecule has 16 heavy (non-hydrogen) atoms. The molecule has 0 unspecified atom stereocenters. The number of hydrogen-bond acceptors (Lipinski definition) is 1. The average Bonchev–Trinajstić information content (AvgIpc) is 2.58. The highest BCUT2D eigenvalue weighted by Gasteiger charge is 2.31. The van der Waals surface area contributed by atoms with Gasteiger partial charge in [-0.25, -0.2) is 4.39 Å². The molecule has 0 aromatic heterocycles. The maximum atomic E-state index is 13.9. The maximum absolute atomic E-state index is 13.9. The zero-order chi connectivity index (χ0) is 11.8. The van der Waals surface area contributed by atoms with Gasteiger partial charge in [-0.2, -0.15) is 0 Å². The summed E-state index contributed by atoms with van der Waals surface area (Å²) in [5.74, 6) is -0.102. The Morgan fingerprint density at radius 2 is 2.19 bits per heavy atom. The third kappa shape index (κ3) is 2.24. The molecule has 0 amide bonds. The number of anilines is 1. The molecular formula is C13H17BrFN. The maximum Gasteiger partial charge on any atom is 0.146 e. The van der Waals surface area contributed by atoms with Gasteiger partial charge in [0.05, 0.1) is 5.69 Å². The molecular weight excluding hydrogens is 269 g/mol. The van der Waals surface area contributed by atoms with Crippen LogP contribution in [0.1, 0.15) is 25.8 Å². The minimum atomic E-state index is -0.102. The highest BCUT2D eigenvalue weighted by atomic mass is 79.9. The van der Waals surface area contributed by atoms with Crippen molar-refractivity contribution in [2.75, 3.05) is 18.0 Å². The summed E-state index contributed by atoms with van der Waals surface area (Å²) in [6.45, 7) is 6.37. The van der Waals surface area contributed by atoms with E-state index in [9.17, 15) is 4.39 Å². The molecule has 1 fully saturated rings. The molecule has 1 aromatic carbocycles. The topological polar surface area (TPSA) is 3.24 Å². The molecule has 0 saturated carbocycles. The third-order valence-corrected chi connectivity index (χ3v) is 3.81. The lowest BCUT2D eigenvalue weighted by Crippen LogP contribution is -2.24. The van der Waals surface area contributed by atoms with Crippen molar-refractivity contribution in [3.63, 3.8) is 0 Å². The monoisotopic (exact) mass is 285 g/mol. The molecule has 1 aliphatic rings. The van der Waals surface area contributed by atoms with Crippen LogP contribution in [-0.2, 0) is 5.33 Å². The van der Waals surface area contributed by atoms with Crippen molar-refractivity contribution < 1.29 is 4.39 Å². The van der Waals surface area contributed by atoms with Gasteiger partial charge in [0, 0.05) is 18.4 Å². The molecule has 1 saturated heterocycles. The summed E-state index contributed by atoms with van der Waals surface area (Å²) in [6.07, 6.45) is 1.13. The van der Waals surface area contributed by atoms with E-state index in [1.165, 1.54) is 0 Å². The Balaban J connectivity index is 2.34. The van der Waals surface area contributed by atoms with E-state index in [1.807, 2.05) is 6.07 Å². The van der Waals surface area contributed by atoms with Crippen molar-refractivity contribution >= 4 is 21.6 Å². The normalized spacial score (nSPS) is 19.1. The van der Waals surface area contributed by atoms with Crippen molar-refractivity contribution in [2.45, 2.75) is 25.6 Å². The van der Waals surface area contributed by atoms with Crippen molar-refractivity contribution in [2.24, 2.45) is 5.41 Å². The fraction of sp³-hybridized carbons (Fsp3) is 0.538. The molecule has 0 bridgehead atoms. The minimum Gasteiger partial charge on any atom is -0.368 e. The number of halogens is 2. The molecule has 2 rings (SSSR count). The highest BCUT2D eigenvalue weighted by Crippen LogP contribution is 2.36. The summed E-state index contributed by atoms with van der Waals surface area (Å²) in [6, 6.07) is 5.31. The first kappa shape index (κ1) is 11.9. The largest absolute Gasteiger partial charge is 0.368 e. The Morgan fingerprint density at radius 3 is 2.75 bits per heavy atom. The van der Waals surface area contributed by atoms with Crippen LogP contribution in [0.15, 0.2) is 18.2 Å².